The van der Waals surface area contributed by atoms with Crippen molar-refractivity contribution < 1.29 is 34.7 Å². The first kappa shape index (κ1) is 16.1. The maximum atomic E-state index is 11.3. The number of carboxylic acid groups (broad SMARTS) is 1. The highest BCUT2D eigenvalue weighted by molar-refractivity contribution is 5.92. The van der Waals surface area contributed by atoms with E-state index in [1.807, 2.05) is 0 Å². The summed E-state index contributed by atoms with van der Waals surface area (Å²) in [6.07, 6.45) is -2.24. The summed E-state index contributed by atoms with van der Waals surface area (Å²) in [6, 6.07) is 1.10. The van der Waals surface area contributed by atoms with Gasteiger partial charge in [0.1, 0.15) is 0 Å². The minimum Gasteiger partial charge on any atom is -0.502 e. The highest BCUT2D eigenvalue weighted by Crippen LogP contribution is 2.44. The highest BCUT2D eigenvalue weighted by Gasteiger charge is 2.28. The van der Waals surface area contributed by atoms with Crippen molar-refractivity contribution in [3.05, 3.63) is 17.2 Å². The molecule has 2 atom stereocenters. The molecule has 1 aromatic carbocycles. The van der Waals surface area contributed by atoms with Crippen LogP contribution < -0.4 is 9.47 Å². The first-order valence-corrected chi connectivity index (χ1v) is 5.90. The Hall–Kier alpha value is -1.99. The Labute approximate surface area is 116 Å². The van der Waals surface area contributed by atoms with Crippen molar-refractivity contribution in [2.75, 3.05) is 14.2 Å². The third-order valence-corrected chi connectivity index (χ3v) is 2.81. The third kappa shape index (κ3) is 3.12. The van der Waals surface area contributed by atoms with Crippen LogP contribution in [0.25, 0.3) is 0 Å². The van der Waals surface area contributed by atoms with Gasteiger partial charge in [0.05, 0.1) is 32.0 Å². The van der Waals surface area contributed by atoms with Crippen molar-refractivity contribution >= 4 is 5.97 Å². The van der Waals surface area contributed by atoms with Crippen LogP contribution in [-0.4, -0.2) is 46.7 Å². The second kappa shape index (κ2) is 6.44. The Bertz CT molecular complexity index is 496. The zero-order chi connectivity index (χ0) is 15.4. The summed E-state index contributed by atoms with van der Waals surface area (Å²) >= 11 is 0. The predicted molar refractivity (Wildman–Crippen MR) is 69.4 cm³/mol. The zero-order valence-electron chi connectivity index (χ0n) is 11.5. The Kier molecular flexibility index (Phi) is 5.18. The van der Waals surface area contributed by atoms with E-state index in [0.29, 0.717) is 0 Å². The summed E-state index contributed by atoms with van der Waals surface area (Å²) < 4.78 is 9.85. The topological polar surface area (TPSA) is 116 Å². The van der Waals surface area contributed by atoms with Crippen LogP contribution in [0.2, 0.25) is 0 Å². The minimum absolute atomic E-state index is 0.0766. The molecule has 1 rings (SSSR count). The number of hydrogen-bond acceptors (Lipinski definition) is 6. The number of methoxy groups -OCH3 is 2. The van der Waals surface area contributed by atoms with Gasteiger partial charge in [-0.2, -0.15) is 0 Å². The molecule has 0 aliphatic carbocycles. The molecule has 0 aliphatic rings. The molecule has 0 radical (unpaired) electrons. The molecule has 1 aromatic rings. The van der Waals surface area contributed by atoms with E-state index in [-0.39, 0.29) is 29.0 Å². The number of carbonyl (C=O) groups is 1. The fourth-order valence-corrected chi connectivity index (χ4v) is 1.95. The number of ether oxygens (including phenoxy) is 2. The molecule has 7 heteroatoms. The normalized spacial score (nSPS) is 13.7. The molecule has 0 saturated heterocycles. The molecule has 0 aromatic heterocycles. The quantitative estimate of drug-likeness (QED) is 0.614. The average molecular weight is 286 g/mol. The second-order valence-electron chi connectivity index (χ2n) is 4.33. The van der Waals surface area contributed by atoms with Crippen LogP contribution in [0, 0.1) is 0 Å². The number of aliphatic hydroxyl groups is 2. The molecule has 2 unspecified atom stereocenters. The maximum absolute atomic E-state index is 11.3. The van der Waals surface area contributed by atoms with Crippen molar-refractivity contribution in [1.29, 1.82) is 0 Å². The number of hydrogen-bond donors (Lipinski definition) is 4. The molecular weight excluding hydrogens is 268 g/mol. The molecule has 112 valence electrons. The minimum atomic E-state index is -1.30. The molecule has 0 heterocycles. The summed E-state index contributed by atoms with van der Waals surface area (Å²) in [4.78, 5) is 11.3. The molecule has 0 saturated carbocycles. The van der Waals surface area contributed by atoms with Gasteiger partial charge in [0.15, 0.2) is 11.5 Å². The SMILES string of the molecule is COc1cc(C(=O)O)c(C(O)CC(C)O)c(OC)c1O. The van der Waals surface area contributed by atoms with Crippen molar-refractivity contribution in [3.8, 4) is 17.2 Å². The van der Waals surface area contributed by atoms with Gasteiger partial charge in [0.25, 0.3) is 0 Å². The molecule has 4 N–H and O–H groups in total. The summed E-state index contributed by atoms with van der Waals surface area (Å²) in [5.74, 6) is -1.97. The van der Waals surface area contributed by atoms with Gasteiger partial charge in [0.2, 0.25) is 5.75 Å². The molecule has 20 heavy (non-hydrogen) atoms. The molecule has 0 fully saturated rings. The monoisotopic (exact) mass is 286 g/mol. The van der Waals surface area contributed by atoms with Crippen LogP contribution in [-0.2, 0) is 0 Å². The lowest BCUT2D eigenvalue weighted by Crippen LogP contribution is -2.14. The van der Waals surface area contributed by atoms with Gasteiger partial charge in [-0.3, -0.25) is 0 Å². The molecule has 0 amide bonds. The van der Waals surface area contributed by atoms with Gasteiger partial charge < -0.3 is 29.9 Å². The Morgan fingerprint density at radius 3 is 2.30 bits per heavy atom. The molecule has 7 nitrogen and oxygen atoms in total. The average Bonchev–Trinajstić information content (AvgIpc) is 2.36. The van der Waals surface area contributed by atoms with Crippen LogP contribution in [0.15, 0.2) is 6.07 Å². The number of carboxylic acids is 1. The number of aliphatic hydroxyl groups excluding tert-OH is 2. The molecule has 0 aliphatic heterocycles. The first-order chi connectivity index (χ1) is 9.33. The zero-order valence-corrected chi connectivity index (χ0v) is 11.5. The van der Waals surface area contributed by atoms with Gasteiger partial charge in [-0.1, -0.05) is 0 Å². The van der Waals surface area contributed by atoms with Gasteiger partial charge in [0, 0.05) is 12.0 Å². The first-order valence-electron chi connectivity index (χ1n) is 5.90. The summed E-state index contributed by atoms with van der Waals surface area (Å²) in [7, 11) is 2.50. The van der Waals surface area contributed by atoms with E-state index in [9.17, 15) is 25.2 Å². The molecular formula is C13H18O7. The van der Waals surface area contributed by atoms with E-state index >= 15 is 0 Å². The van der Waals surface area contributed by atoms with Crippen molar-refractivity contribution in [1.82, 2.24) is 0 Å². The van der Waals surface area contributed by atoms with E-state index in [0.717, 1.165) is 6.07 Å². The number of rotatable bonds is 6. The van der Waals surface area contributed by atoms with E-state index < -0.39 is 23.9 Å². The lowest BCUT2D eigenvalue weighted by Gasteiger charge is -2.20. The van der Waals surface area contributed by atoms with Crippen LogP contribution in [0.3, 0.4) is 0 Å². The molecule has 0 bridgehead atoms. The lowest BCUT2D eigenvalue weighted by atomic mass is 9.96. The summed E-state index contributed by atoms with van der Waals surface area (Å²) in [5, 5.41) is 38.5. The predicted octanol–water partition coefficient (Wildman–Crippen LogP) is 0.912. The smallest absolute Gasteiger partial charge is 0.336 e. The Balaban J connectivity index is 3.52. The maximum Gasteiger partial charge on any atom is 0.336 e. The number of aromatic hydroxyl groups is 1. The third-order valence-electron chi connectivity index (χ3n) is 2.81. The number of aromatic carboxylic acids is 1. The van der Waals surface area contributed by atoms with Crippen LogP contribution in [0.5, 0.6) is 17.2 Å². The summed E-state index contributed by atoms with van der Waals surface area (Å²) in [5.41, 5.74) is -0.358. The van der Waals surface area contributed by atoms with Crippen LogP contribution in [0.4, 0.5) is 0 Å². The van der Waals surface area contributed by atoms with Crippen LogP contribution >= 0.6 is 0 Å². The number of phenolic OH excluding ortho intramolecular Hbond substituents is 1. The number of benzene rings is 1. The van der Waals surface area contributed by atoms with Crippen molar-refractivity contribution in [3.63, 3.8) is 0 Å². The number of phenols is 1. The van der Waals surface area contributed by atoms with E-state index in [1.54, 1.807) is 0 Å². The highest BCUT2D eigenvalue weighted by atomic mass is 16.5. The summed E-state index contributed by atoms with van der Waals surface area (Å²) in [6.45, 7) is 1.46. The van der Waals surface area contributed by atoms with Gasteiger partial charge in [-0.25, -0.2) is 4.79 Å². The van der Waals surface area contributed by atoms with E-state index in [2.05, 4.69) is 0 Å². The second-order valence-corrected chi connectivity index (χ2v) is 4.33. The van der Waals surface area contributed by atoms with Gasteiger partial charge in [-0.05, 0) is 13.0 Å². The Morgan fingerprint density at radius 2 is 1.90 bits per heavy atom. The molecule has 0 spiro atoms. The largest absolute Gasteiger partial charge is 0.502 e. The van der Waals surface area contributed by atoms with E-state index in [1.165, 1.54) is 21.1 Å². The lowest BCUT2D eigenvalue weighted by molar-refractivity contribution is 0.0665. The fraction of sp³-hybridized carbons (Fsp3) is 0.462. The van der Waals surface area contributed by atoms with Crippen molar-refractivity contribution in [2.45, 2.75) is 25.6 Å². The van der Waals surface area contributed by atoms with Crippen molar-refractivity contribution in [2.24, 2.45) is 0 Å². The van der Waals surface area contributed by atoms with E-state index in [4.69, 9.17) is 9.47 Å². The standard InChI is InChI=1S/C13H18O7/c1-6(14)4-8(15)10-7(13(17)18)5-9(19-2)11(16)12(10)20-3/h5-6,8,14-16H,4H2,1-3H3,(H,17,18). The van der Waals surface area contributed by atoms with Gasteiger partial charge in [-0.15, -0.1) is 0 Å². The fourth-order valence-electron chi connectivity index (χ4n) is 1.95. The Morgan fingerprint density at radius 1 is 1.30 bits per heavy atom. The van der Waals surface area contributed by atoms with Gasteiger partial charge >= 0.3 is 5.97 Å². The van der Waals surface area contributed by atoms with Crippen LogP contribution in [0.1, 0.15) is 35.4 Å².